The molecule has 0 aliphatic heterocycles. The molecule has 1 aliphatic carbocycles. The molecule has 1 aliphatic rings. The smallest absolute Gasteiger partial charge is 0.325 e. The van der Waals surface area contributed by atoms with E-state index in [1.807, 2.05) is 39.0 Å². The maximum absolute atomic E-state index is 11.8. The van der Waals surface area contributed by atoms with E-state index in [1.165, 1.54) is 5.56 Å². The molecule has 2 rings (SSSR count). The van der Waals surface area contributed by atoms with Crippen LogP contribution in [0.15, 0.2) is 29.3 Å². The molecular weight excluding hydrogens is 453 g/mol. The summed E-state index contributed by atoms with van der Waals surface area (Å²) < 4.78 is 5.27. The zero-order chi connectivity index (χ0) is 17.8. The SMILES string of the molecule is CN=C(NCC(=O)OC(C)(C)C)NCC1(c2cccc(Cl)c2)CC1.I. The molecular formula is C18H27ClIN3O2. The van der Waals surface area contributed by atoms with Crippen molar-refractivity contribution in [3.05, 3.63) is 34.9 Å². The summed E-state index contributed by atoms with van der Waals surface area (Å²) in [6.45, 7) is 6.38. The van der Waals surface area contributed by atoms with Crippen LogP contribution in [0.4, 0.5) is 0 Å². The van der Waals surface area contributed by atoms with Gasteiger partial charge in [-0.25, -0.2) is 0 Å². The molecule has 2 N–H and O–H groups in total. The molecule has 0 bridgehead atoms. The molecule has 0 unspecified atom stereocenters. The number of hydrogen-bond donors (Lipinski definition) is 2. The molecule has 1 fully saturated rings. The monoisotopic (exact) mass is 479 g/mol. The van der Waals surface area contributed by atoms with Crippen LogP contribution >= 0.6 is 35.6 Å². The van der Waals surface area contributed by atoms with Crippen molar-refractivity contribution >= 4 is 47.5 Å². The minimum atomic E-state index is -0.486. The predicted octanol–water partition coefficient (Wildman–Crippen LogP) is 3.50. The fraction of sp³-hybridized carbons (Fsp3) is 0.556. The minimum Gasteiger partial charge on any atom is -0.459 e. The Bertz CT molecular complexity index is 625. The van der Waals surface area contributed by atoms with E-state index < -0.39 is 5.60 Å². The summed E-state index contributed by atoms with van der Waals surface area (Å²) in [5.41, 5.74) is 0.861. The third kappa shape index (κ3) is 7.01. The standard InChI is InChI=1S/C18H26ClN3O2.HI/c1-17(2,3)24-15(23)11-21-16(20-4)22-12-18(8-9-18)13-6-5-7-14(19)10-13;/h5-7,10H,8-9,11-12H2,1-4H3,(H2,20,21,22);1H. The highest BCUT2D eigenvalue weighted by Gasteiger charge is 2.44. The number of benzene rings is 1. The first-order chi connectivity index (χ1) is 11.2. The van der Waals surface area contributed by atoms with Crippen molar-refractivity contribution in [1.82, 2.24) is 10.6 Å². The number of halogens is 2. The molecule has 0 amide bonds. The number of carbonyl (C=O) groups is 1. The maximum Gasteiger partial charge on any atom is 0.325 e. The molecule has 0 saturated heterocycles. The average molecular weight is 480 g/mol. The Morgan fingerprint density at radius 2 is 2.00 bits per heavy atom. The number of ether oxygens (including phenoxy) is 1. The van der Waals surface area contributed by atoms with Crippen LogP contribution in [0.2, 0.25) is 5.02 Å². The molecule has 0 heterocycles. The molecule has 5 nitrogen and oxygen atoms in total. The van der Waals surface area contributed by atoms with Gasteiger partial charge >= 0.3 is 5.97 Å². The van der Waals surface area contributed by atoms with Gasteiger partial charge in [-0.2, -0.15) is 0 Å². The van der Waals surface area contributed by atoms with Crippen molar-refractivity contribution in [2.75, 3.05) is 20.1 Å². The fourth-order valence-electron chi connectivity index (χ4n) is 2.54. The Hall–Kier alpha value is -1.02. The van der Waals surface area contributed by atoms with E-state index in [2.05, 4.69) is 21.7 Å². The van der Waals surface area contributed by atoms with E-state index in [0.717, 1.165) is 24.4 Å². The molecule has 1 saturated carbocycles. The molecule has 7 heteroatoms. The fourth-order valence-corrected chi connectivity index (χ4v) is 2.73. The van der Waals surface area contributed by atoms with Gasteiger partial charge in [-0.1, -0.05) is 23.7 Å². The van der Waals surface area contributed by atoms with Crippen LogP contribution < -0.4 is 10.6 Å². The van der Waals surface area contributed by atoms with Crippen molar-refractivity contribution in [3.8, 4) is 0 Å². The quantitative estimate of drug-likeness (QED) is 0.294. The predicted molar refractivity (Wildman–Crippen MR) is 113 cm³/mol. The molecule has 0 radical (unpaired) electrons. The summed E-state index contributed by atoms with van der Waals surface area (Å²) in [7, 11) is 1.68. The van der Waals surface area contributed by atoms with Gasteiger partial charge in [0.2, 0.25) is 0 Å². The number of nitrogens with zero attached hydrogens (tertiary/aromatic N) is 1. The lowest BCUT2D eigenvalue weighted by Gasteiger charge is -2.21. The maximum atomic E-state index is 11.8. The zero-order valence-corrected chi connectivity index (χ0v) is 18.3. The number of aliphatic imine (C=N–C) groups is 1. The summed E-state index contributed by atoms with van der Waals surface area (Å²) in [4.78, 5) is 15.9. The molecule has 1 aromatic rings. The van der Waals surface area contributed by atoms with Gasteiger partial charge in [-0.15, -0.1) is 24.0 Å². The molecule has 140 valence electrons. The Balaban J connectivity index is 0.00000312. The molecule has 0 aromatic heterocycles. The van der Waals surface area contributed by atoms with Gasteiger partial charge < -0.3 is 15.4 Å². The van der Waals surface area contributed by atoms with E-state index in [9.17, 15) is 4.79 Å². The van der Waals surface area contributed by atoms with Crippen molar-refractivity contribution in [2.24, 2.45) is 4.99 Å². The van der Waals surface area contributed by atoms with E-state index in [-0.39, 0.29) is 41.9 Å². The van der Waals surface area contributed by atoms with E-state index in [4.69, 9.17) is 16.3 Å². The van der Waals surface area contributed by atoms with Crippen LogP contribution in [0.25, 0.3) is 0 Å². The summed E-state index contributed by atoms with van der Waals surface area (Å²) >= 11 is 6.10. The average Bonchev–Trinajstić information content (AvgIpc) is 3.27. The van der Waals surface area contributed by atoms with E-state index >= 15 is 0 Å². The lowest BCUT2D eigenvalue weighted by Crippen LogP contribution is -2.44. The Kier molecular flexibility index (Phi) is 7.99. The largest absolute Gasteiger partial charge is 0.459 e. The zero-order valence-electron chi connectivity index (χ0n) is 15.2. The van der Waals surface area contributed by atoms with Crippen molar-refractivity contribution in [3.63, 3.8) is 0 Å². The second kappa shape index (κ2) is 9.07. The van der Waals surface area contributed by atoms with Gasteiger partial charge in [-0.3, -0.25) is 9.79 Å². The number of nitrogens with one attached hydrogen (secondary N) is 2. The van der Waals surface area contributed by atoms with Crippen LogP contribution in [0.3, 0.4) is 0 Å². The van der Waals surface area contributed by atoms with Crippen LogP contribution in [0.1, 0.15) is 39.2 Å². The van der Waals surface area contributed by atoms with Gasteiger partial charge in [0.05, 0.1) is 0 Å². The highest BCUT2D eigenvalue weighted by Crippen LogP contribution is 2.48. The van der Waals surface area contributed by atoms with Crippen molar-refractivity contribution < 1.29 is 9.53 Å². The van der Waals surface area contributed by atoms with Crippen molar-refractivity contribution in [2.45, 2.75) is 44.6 Å². The number of carbonyl (C=O) groups excluding carboxylic acids is 1. The van der Waals surface area contributed by atoms with Crippen LogP contribution in [-0.2, 0) is 14.9 Å². The lowest BCUT2D eigenvalue weighted by atomic mass is 9.96. The second-order valence-corrected chi connectivity index (χ2v) is 7.59. The number of hydrogen-bond acceptors (Lipinski definition) is 3. The van der Waals surface area contributed by atoms with Crippen molar-refractivity contribution in [1.29, 1.82) is 0 Å². The third-order valence-electron chi connectivity index (χ3n) is 3.93. The first kappa shape index (κ1) is 22.0. The Labute approximate surface area is 172 Å². The molecule has 1 aromatic carbocycles. The number of esters is 1. The van der Waals surface area contributed by atoms with Gasteiger partial charge in [0, 0.05) is 24.0 Å². The molecule has 0 spiro atoms. The second-order valence-electron chi connectivity index (χ2n) is 7.16. The minimum absolute atomic E-state index is 0. The van der Waals surface area contributed by atoms with Gasteiger partial charge in [0.25, 0.3) is 0 Å². The highest BCUT2D eigenvalue weighted by atomic mass is 127. The Morgan fingerprint density at radius 1 is 1.32 bits per heavy atom. The first-order valence-corrected chi connectivity index (χ1v) is 8.54. The lowest BCUT2D eigenvalue weighted by molar-refractivity contribution is -0.153. The van der Waals surface area contributed by atoms with Crippen LogP contribution in [0.5, 0.6) is 0 Å². The Morgan fingerprint density at radius 3 is 2.52 bits per heavy atom. The molecule has 25 heavy (non-hydrogen) atoms. The highest BCUT2D eigenvalue weighted by molar-refractivity contribution is 14.0. The summed E-state index contributed by atoms with van der Waals surface area (Å²) in [6, 6.07) is 7.99. The van der Waals surface area contributed by atoms with Crippen LogP contribution in [0, 0.1) is 0 Å². The molecule has 0 atom stereocenters. The topological polar surface area (TPSA) is 62.7 Å². The summed E-state index contributed by atoms with van der Waals surface area (Å²) in [5, 5.41) is 7.05. The van der Waals surface area contributed by atoms with E-state index in [1.54, 1.807) is 7.05 Å². The summed E-state index contributed by atoms with van der Waals surface area (Å²) in [6.07, 6.45) is 2.23. The number of guanidine groups is 1. The third-order valence-corrected chi connectivity index (χ3v) is 4.16. The van der Waals surface area contributed by atoms with Crippen LogP contribution in [-0.4, -0.2) is 37.7 Å². The first-order valence-electron chi connectivity index (χ1n) is 8.16. The van der Waals surface area contributed by atoms with Gasteiger partial charge in [-0.05, 0) is 51.3 Å². The van der Waals surface area contributed by atoms with Gasteiger partial charge in [0.15, 0.2) is 5.96 Å². The normalized spacial score (nSPS) is 15.8. The number of rotatable bonds is 5. The van der Waals surface area contributed by atoms with Gasteiger partial charge in [0.1, 0.15) is 12.1 Å². The van der Waals surface area contributed by atoms with E-state index in [0.29, 0.717) is 5.96 Å². The summed E-state index contributed by atoms with van der Waals surface area (Å²) in [5.74, 6) is 0.288.